The Morgan fingerprint density at radius 3 is 2.47 bits per heavy atom. The maximum absolute atomic E-state index is 2.43. The molecule has 1 unspecified atom stereocenters. The van der Waals surface area contributed by atoms with Gasteiger partial charge in [-0.2, -0.15) is 0 Å². The normalized spacial score (nSPS) is 19.9. The Morgan fingerprint density at radius 2 is 1.87 bits per heavy atom. The molecule has 15 heavy (non-hydrogen) atoms. The summed E-state index contributed by atoms with van der Waals surface area (Å²) < 4.78 is 0. The van der Waals surface area contributed by atoms with Crippen molar-refractivity contribution in [1.82, 2.24) is 0 Å². The number of hydrogen-bond acceptors (Lipinski definition) is 0. The van der Waals surface area contributed by atoms with Crippen molar-refractivity contribution in [3.63, 3.8) is 0 Å². The summed E-state index contributed by atoms with van der Waals surface area (Å²) in [6.45, 7) is 9.45. The first-order chi connectivity index (χ1) is 7.16. The second-order valence-corrected chi connectivity index (χ2v) is 7.33. The van der Waals surface area contributed by atoms with E-state index in [1.807, 2.05) is 0 Å². The summed E-state index contributed by atoms with van der Waals surface area (Å²) in [6.07, 6.45) is 1.21. The van der Waals surface area contributed by atoms with Gasteiger partial charge in [0.1, 0.15) is 0 Å². The van der Waals surface area contributed by atoms with E-state index in [0.29, 0.717) is 0 Å². The molecular weight excluding hydrogens is 196 g/mol. The first kappa shape index (κ1) is 10.7. The summed E-state index contributed by atoms with van der Waals surface area (Å²) in [4.78, 5) is 0. The molecule has 0 amide bonds. The van der Waals surface area contributed by atoms with Crippen LogP contribution in [0.4, 0.5) is 0 Å². The van der Waals surface area contributed by atoms with Crippen molar-refractivity contribution in [2.75, 3.05) is 0 Å². The van der Waals surface area contributed by atoms with Crippen LogP contribution in [0, 0.1) is 0 Å². The van der Waals surface area contributed by atoms with Gasteiger partial charge >= 0.3 is 0 Å². The summed E-state index contributed by atoms with van der Waals surface area (Å²) in [5.74, 6) is 0. The zero-order valence-electron chi connectivity index (χ0n) is 10.1. The summed E-state index contributed by atoms with van der Waals surface area (Å²) in [6, 6.07) is 8.95. The van der Waals surface area contributed by atoms with Crippen LogP contribution >= 0.6 is 0 Å². The minimum Gasteiger partial charge on any atom is -0.0705 e. The van der Waals surface area contributed by atoms with E-state index >= 15 is 0 Å². The minimum absolute atomic E-state index is 0.275. The molecule has 0 N–H and O–H groups in total. The first-order valence-electron chi connectivity index (χ1n) is 5.75. The average Bonchev–Trinajstić information content (AvgIpc) is 2.52. The van der Waals surface area contributed by atoms with Gasteiger partial charge in [-0.05, 0) is 35.6 Å². The van der Waals surface area contributed by atoms with Gasteiger partial charge < -0.3 is 0 Å². The topological polar surface area (TPSA) is 0 Å². The molecule has 1 aliphatic rings. The lowest BCUT2D eigenvalue weighted by molar-refractivity contribution is 0.985. The van der Waals surface area contributed by atoms with E-state index < -0.39 is 0 Å². The number of rotatable bonds is 2. The minimum atomic E-state index is -0.275. The Kier molecular flexibility index (Phi) is 2.83. The molecule has 0 nitrogen and oxygen atoms in total. The molecule has 79 valence electrons. The molecule has 2 rings (SSSR count). The number of fused-ring (bicyclic) bond motifs is 1. The lowest BCUT2D eigenvalue weighted by Gasteiger charge is -2.18. The van der Waals surface area contributed by atoms with Crippen molar-refractivity contribution in [2.45, 2.75) is 38.9 Å². The van der Waals surface area contributed by atoms with Crippen molar-refractivity contribution in [2.24, 2.45) is 0 Å². The van der Waals surface area contributed by atoms with Gasteiger partial charge in [0.25, 0.3) is 0 Å². The Hall–Kier alpha value is -0.823. The van der Waals surface area contributed by atoms with Gasteiger partial charge in [0.05, 0.1) is 8.80 Å². The highest BCUT2D eigenvalue weighted by Crippen LogP contribution is 2.44. The zero-order valence-corrected chi connectivity index (χ0v) is 11.1. The van der Waals surface area contributed by atoms with Crippen LogP contribution in [0.1, 0.15) is 36.9 Å². The van der Waals surface area contributed by atoms with Gasteiger partial charge in [-0.3, -0.25) is 0 Å². The summed E-state index contributed by atoms with van der Waals surface area (Å²) in [5.41, 5.74) is 7.09. The molecule has 0 aromatic heterocycles. The van der Waals surface area contributed by atoms with E-state index in [0.717, 1.165) is 5.54 Å². The lowest BCUT2D eigenvalue weighted by Crippen LogP contribution is -2.16. The fourth-order valence-corrected chi connectivity index (χ4v) is 4.79. The SMILES string of the molecule is CCC1=C(C)c2ccccc2C1[Si](C)C. The van der Waals surface area contributed by atoms with Crippen molar-refractivity contribution in [3.8, 4) is 0 Å². The highest BCUT2D eigenvalue weighted by atomic mass is 28.3. The monoisotopic (exact) mass is 215 g/mol. The highest BCUT2D eigenvalue weighted by Gasteiger charge is 2.30. The van der Waals surface area contributed by atoms with Crippen LogP contribution in [0.25, 0.3) is 5.57 Å². The molecule has 1 aromatic carbocycles. The van der Waals surface area contributed by atoms with Crippen LogP contribution in [0.5, 0.6) is 0 Å². The third-order valence-corrected chi connectivity index (χ3v) is 5.28. The summed E-state index contributed by atoms with van der Waals surface area (Å²) >= 11 is 0. The molecule has 0 fully saturated rings. The van der Waals surface area contributed by atoms with Crippen LogP contribution in [0.3, 0.4) is 0 Å². The largest absolute Gasteiger partial charge is 0.0705 e. The lowest BCUT2D eigenvalue weighted by atomic mass is 10.1. The molecule has 1 atom stereocenters. The fourth-order valence-electron chi connectivity index (χ4n) is 2.80. The first-order valence-corrected chi connectivity index (χ1v) is 8.33. The Bertz CT molecular complexity index is 402. The molecule has 0 spiro atoms. The number of benzene rings is 1. The smallest absolute Gasteiger partial charge is 0.0552 e. The molecule has 0 aliphatic heterocycles. The van der Waals surface area contributed by atoms with Crippen LogP contribution in [-0.4, -0.2) is 8.80 Å². The maximum Gasteiger partial charge on any atom is 0.0552 e. The average molecular weight is 215 g/mol. The van der Waals surface area contributed by atoms with Crippen molar-refractivity contribution in [3.05, 3.63) is 41.0 Å². The third-order valence-electron chi connectivity index (χ3n) is 3.46. The van der Waals surface area contributed by atoms with Crippen LogP contribution < -0.4 is 0 Å². The van der Waals surface area contributed by atoms with E-state index in [2.05, 4.69) is 51.2 Å². The molecule has 0 heterocycles. The fraction of sp³-hybridized carbons (Fsp3) is 0.429. The number of allylic oxidation sites excluding steroid dienone is 2. The van der Waals surface area contributed by atoms with Crippen LogP contribution in [-0.2, 0) is 0 Å². The van der Waals surface area contributed by atoms with Gasteiger partial charge in [0, 0.05) is 0 Å². The van der Waals surface area contributed by atoms with Crippen LogP contribution in [0.2, 0.25) is 13.1 Å². The molecule has 0 saturated carbocycles. The molecule has 1 radical (unpaired) electrons. The molecule has 1 aromatic rings. The molecular formula is C14H19Si. The maximum atomic E-state index is 2.43. The van der Waals surface area contributed by atoms with Gasteiger partial charge in [-0.25, -0.2) is 0 Å². The predicted octanol–water partition coefficient (Wildman–Crippen LogP) is 4.26. The summed E-state index contributed by atoms with van der Waals surface area (Å²) in [5, 5.41) is 0. The summed E-state index contributed by atoms with van der Waals surface area (Å²) in [7, 11) is -0.275. The highest BCUT2D eigenvalue weighted by molar-refractivity contribution is 6.59. The van der Waals surface area contributed by atoms with E-state index in [9.17, 15) is 0 Å². The molecule has 0 bridgehead atoms. The van der Waals surface area contributed by atoms with Crippen molar-refractivity contribution in [1.29, 1.82) is 0 Å². The second-order valence-electron chi connectivity index (χ2n) is 4.60. The predicted molar refractivity (Wildman–Crippen MR) is 69.6 cm³/mol. The third kappa shape index (κ3) is 1.59. The van der Waals surface area contributed by atoms with Gasteiger partial charge in [0.2, 0.25) is 0 Å². The van der Waals surface area contributed by atoms with Gasteiger partial charge in [-0.1, -0.05) is 49.9 Å². The second kappa shape index (κ2) is 3.97. The number of hydrogen-bond donors (Lipinski definition) is 0. The van der Waals surface area contributed by atoms with E-state index in [1.165, 1.54) is 12.0 Å². The Morgan fingerprint density at radius 1 is 1.20 bits per heavy atom. The van der Waals surface area contributed by atoms with Gasteiger partial charge in [0.15, 0.2) is 0 Å². The zero-order chi connectivity index (χ0) is 11.0. The molecule has 0 saturated heterocycles. The van der Waals surface area contributed by atoms with E-state index in [4.69, 9.17) is 0 Å². The standard InChI is InChI=1S/C14H19Si/c1-5-11-10(2)12-8-6-7-9-13(12)14(11)15(3)4/h6-9,14H,5H2,1-4H3. The Balaban J connectivity index is 2.57. The van der Waals surface area contributed by atoms with Crippen molar-refractivity contribution >= 4 is 14.4 Å². The molecule has 1 aliphatic carbocycles. The molecule has 1 heteroatoms. The quantitative estimate of drug-likeness (QED) is 0.647. The van der Waals surface area contributed by atoms with E-state index in [-0.39, 0.29) is 8.80 Å². The van der Waals surface area contributed by atoms with Crippen LogP contribution in [0.15, 0.2) is 29.8 Å². The van der Waals surface area contributed by atoms with E-state index in [1.54, 1.807) is 16.7 Å². The van der Waals surface area contributed by atoms with Crippen molar-refractivity contribution < 1.29 is 0 Å². The van der Waals surface area contributed by atoms with Gasteiger partial charge in [-0.15, -0.1) is 0 Å². The Labute approximate surface area is 94.6 Å².